The molecule has 0 radical (unpaired) electrons. The first kappa shape index (κ1) is 28.7. The van der Waals surface area contributed by atoms with Gasteiger partial charge in [0.2, 0.25) is 17.7 Å². The molecule has 2 aromatic rings. The molecule has 2 N–H and O–H groups in total. The van der Waals surface area contributed by atoms with E-state index in [0.717, 1.165) is 25.7 Å². The lowest BCUT2D eigenvalue weighted by molar-refractivity contribution is -0.215. The molecule has 4 fully saturated rings. The highest BCUT2D eigenvalue weighted by molar-refractivity contribution is 6.01. The summed E-state index contributed by atoms with van der Waals surface area (Å²) in [6, 6.07) is 5.03. The van der Waals surface area contributed by atoms with E-state index in [2.05, 4.69) is 15.7 Å². The maximum atomic E-state index is 15.3. The molecule has 0 unspecified atom stereocenters. The van der Waals surface area contributed by atoms with Crippen molar-refractivity contribution in [1.82, 2.24) is 20.0 Å². The smallest absolute Gasteiger partial charge is 0.270 e. The van der Waals surface area contributed by atoms with Crippen molar-refractivity contribution in [3.05, 3.63) is 47.5 Å². The molecule has 0 bridgehead atoms. The van der Waals surface area contributed by atoms with E-state index in [4.69, 9.17) is 0 Å². The number of nitrogens with one attached hydrogen (secondary N) is 2. The van der Waals surface area contributed by atoms with Gasteiger partial charge in [-0.25, -0.2) is 13.2 Å². The molecule has 1 aromatic heterocycles. The molecule has 1 saturated heterocycles. The summed E-state index contributed by atoms with van der Waals surface area (Å²) in [4.78, 5) is 41.5. The zero-order valence-electron chi connectivity index (χ0n) is 24.2. The summed E-state index contributed by atoms with van der Waals surface area (Å²) in [5, 5.41) is 9.89. The van der Waals surface area contributed by atoms with Gasteiger partial charge in [-0.15, -0.1) is 0 Å². The predicted octanol–water partition coefficient (Wildman–Crippen LogP) is 5.14. The molecule has 2 heterocycles. The predicted molar refractivity (Wildman–Crippen MR) is 149 cm³/mol. The average molecular weight is 586 g/mol. The summed E-state index contributed by atoms with van der Waals surface area (Å²) in [5.74, 6) is -4.42. The number of carbonyl (C=O) groups excluding carboxylic acids is 3. The first-order chi connectivity index (χ1) is 19.9. The van der Waals surface area contributed by atoms with E-state index in [1.807, 2.05) is 13.8 Å². The normalized spacial score (nSPS) is 22.0. The number of nitrogens with zero attached hydrogens (tertiary/aromatic N) is 3. The van der Waals surface area contributed by atoms with E-state index < -0.39 is 40.9 Å². The van der Waals surface area contributed by atoms with E-state index in [1.165, 1.54) is 12.1 Å². The SMILES string of the molecule is CC(C)n1nccc1C(=O)N[C@H](C(=O)Nc1ccc([C@H](C)C(=O)N2CC3(C2)CC(F)(F)C3)cc1F)C(C1CC1)C1CC1. The summed E-state index contributed by atoms with van der Waals surface area (Å²) in [6.07, 6.45) is 5.18. The third-order valence-electron chi connectivity index (χ3n) is 9.43. The lowest BCUT2D eigenvalue weighted by Crippen LogP contribution is -2.67. The molecule has 11 heteroatoms. The largest absolute Gasteiger partial charge is 0.341 e. The number of alkyl halides is 2. The number of aromatic nitrogens is 2. The van der Waals surface area contributed by atoms with Crippen LogP contribution in [0.1, 0.15) is 87.3 Å². The van der Waals surface area contributed by atoms with Gasteiger partial charge in [0.05, 0.1) is 11.6 Å². The zero-order valence-corrected chi connectivity index (χ0v) is 24.2. The minimum Gasteiger partial charge on any atom is -0.341 e. The standard InChI is InChI=1S/C31H38F3N5O3/c1-17(2)39-24(10-11-35-39)27(40)37-26(25(19-4-5-19)20-6-7-20)28(41)36-23-9-8-21(12-22(23)32)18(3)29(42)38-15-30(16-38)13-31(33,34)14-30/h8-12,17-20,25-26H,4-7,13-16H2,1-3H3,(H,36,41)(H,37,40)/t18-,26-/m0/s1. The summed E-state index contributed by atoms with van der Waals surface area (Å²) in [7, 11) is 0. The minimum atomic E-state index is -2.64. The number of benzene rings is 1. The number of anilines is 1. The van der Waals surface area contributed by atoms with Gasteiger partial charge in [-0.3, -0.25) is 19.1 Å². The van der Waals surface area contributed by atoms with Crippen LogP contribution in [0.15, 0.2) is 30.5 Å². The highest BCUT2D eigenvalue weighted by Crippen LogP contribution is 2.57. The highest BCUT2D eigenvalue weighted by Gasteiger charge is 2.62. The Morgan fingerprint density at radius 1 is 1.00 bits per heavy atom. The number of amides is 3. The lowest BCUT2D eigenvalue weighted by atomic mass is 9.61. The molecular formula is C31H38F3N5O3. The monoisotopic (exact) mass is 585 g/mol. The Balaban J connectivity index is 1.14. The second-order valence-electron chi connectivity index (χ2n) is 13.3. The number of hydrogen-bond donors (Lipinski definition) is 2. The summed E-state index contributed by atoms with van der Waals surface area (Å²) < 4.78 is 43.6. The third-order valence-corrected chi connectivity index (χ3v) is 9.43. The second kappa shape index (κ2) is 10.4. The molecule has 1 aromatic carbocycles. The van der Waals surface area contributed by atoms with E-state index in [1.54, 1.807) is 34.8 Å². The van der Waals surface area contributed by atoms with Gasteiger partial charge < -0.3 is 15.5 Å². The van der Waals surface area contributed by atoms with Gasteiger partial charge >= 0.3 is 0 Å². The molecule has 226 valence electrons. The fourth-order valence-corrected chi connectivity index (χ4v) is 7.07. The van der Waals surface area contributed by atoms with Crippen LogP contribution < -0.4 is 10.6 Å². The van der Waals surface area contributed by atoms with Crippen LogP contribution in [0, 0.1) is 29.0 Å². The number of rotatable bonds is 10. The maximum Gasteiger partial charge on any atom is 0.270 e. The van der Waals surface area contributed by atoms with Crippen molar-refractivity contribution in [2.24, 2.45) is 23.2 Å². The van der Waals surface area contributed by atoms with Crippen molar-refractivity contribution in [1.29, 1.82) is 0 Å². The summed E-state index contributed by atoms with van der Waals surface area (Å²) in [5.41, 5.74) is 0.301. The number of halogens is 3. The fourth-order valence-electron chi connectivity index (χ4n) is 7.07. The Labute approximate surface area is 243 Å². The maximum absolute atomic E-state index is 15.3. The van der Waals surface area contributed by atoms with Crippen molar-refractivity contribution in [3.8, 4) is 0 Å². The third kappa shape index (κ3) is 5.54. The Morgan fingerprint density at radius 3 is 2.19 bits per heavy atom. The molecule has 6 rings (SSSR count). The van der Waals surface area contributed by atoms with Crippen LogP contribution in [-0.2, 0) is 9.59 Å². The van der Waals surface area contributed by atoms with Crippen LogP contribution in [0.3, 0.4) is 0 Å². The van der Waals surface area contributed by atoms with Gasteiger partial charge in [-0.1, -0.05) is 6.07 Å². The van der Waals surface area contributed by atoms with Crippen molar-refractivity contribution >= 4 is 23.4 Å². The molecule has 3 aliphatic carbocycles. The minimum absolute atomic E-state index is 0.0279. The average Bonchev–Trinajstić information content (AvgIpc) is 3.84. The highest BCUT2D eigenvalue weighted by atomic mass is 19.3. The molecule has 1 spiro atoms. The second-order valence-corrected chi connectivity index (χ2v) is 13.3. The van der Waals surface area contributed by atoms with Gasteiger partial charge in [0.1, 0.15) is 17.6 Å². The number of carbonyl (C=O) groups is 3. The fraction of sp³-hybridized carbons (Fsp3) is 0.613. The van der Waals surface area contributed by atoms with E-state index in [0.29, 0.717) is 36.2 Å². The molecule has 1 aliphatic heterocycles. The van der Waals surface area contributed by atoms with Gasteiger partial charge in [-0.2, -0.15) is 5.10 Å². The number of hydrogen-bond acceptors (Lipinski definition) is 4. The Morgan fingerprint density at radius 2 is 1.64 bits per heavy atom. The molecule has 8 nitrogen and oxygen atoms in total. The lowest BCUT2D eigenvalue weighted by Gasteiger charge is -2.58. The Bertz CT molecular complexity index is 1370. The molecular weight excluding hydrogens is 547 g/mol. The zero-order chi connectivity index (χ0) is 30.0. The number of likely N-dealkylation sites (tertiary alicyclic amines) is 1. The van der Waals surface area contributed by atoms with Crippen molar-refractivity contribution in [2.75, 3.05) is 18.4 Å². The van der Waals surface area contributed by atoms with Crippen molar-refractivity contribution < 1.29 is 27.6 Å². The first-order valence-corrected chi connectivity index (χ1v) is 15.0. The topological polar surface area (TPSA) is 96.3 Å². The van der Waals surface area contributed by atoms with Crippen LogP contribution in [0.5, 0.6) is 0 Å². The van der Waals surface area contributed by atoms with Crippen LogP contribution in [0.25, 0.3) is 0 Å². The molecule has 4 aliphatic rings. The van der Waals surface area contributed by atoms with Gasteiger partial charge in [0, 0.05) is 43.6 Å². The van der Waals surface area contributed by atoms with Gasteiger partial charge in [0.25, 0.3) is 5.91 Å². The summed E-state index contributed by atoms with van der Waals surface area (Å²) in [6.45, 7) is 6.11. The molecule has 3 saturated carbocycles. The van der Waals surface area contributed by atoms with Crippen LogP contribution in [-0.4, -0.2) is 57.5 Å². The van der Waals surface area contributed by atoms with Crippen LogP contribution >= 0.6 is 0 Å². The summed E-state index contributed by atoms with van der Waals surface area (Å²) >= 11 is 0. The quantitative estimate of drug-likeness (QED) is 0.404. The van der Waals surface area contributed by atoms with E-state index in [-0.39, 0.29) is 36.4 Å². The van der Waals surface area contributed by atoms with E-state index in [9.17, 15) is 23.2 Å². The molecule has 2 atom stereocenters. The van der Waals surface area contributed by atoms with Crippen LogP contribution in [0.4, 0.5) is 18.9 Å². The first-order valence-electron chi connectivity index (χ1n) is 15.0. The Hall–Kier alpha value is -3.37. The van der Waals surface area contributed by atoms with Crippen molar-refractivity contribution in [3.63, 3.8) is 0 Å². The van der Waals surface area contributed by atoms with Crippen LogP contribution in [0.2, 0.25) is 0 Å². The Kier molecular flexibility index (Phi) is 7.13. The van der Waals surface area contributed by atoms with E-state index >= 15 is 4.39 Å². The van der Waals surface area contributed by atoms with Gasteiger partial charge in [-0.05, 0) is 88.0 Å². The van der Waals surface area contributed by atoms with Crippen molar-refractivity contribution in [2.45, 2.75) is 83.2 Å². The molecule has 3 amide bonds. The van der Waals surface area contributed by atoms with Gasteiger partial charge in [0.15, 0.2) is 0 Å². The molecule has 42 heavy (non-hydrogen) atoms.